The summed E-state index contributed by atoms with van der Waals surface area (Å²) >= 11 is 0. The van der Waals surface area contributed by atoms with Crippen LogP contribution in [0.2, 0.25) is 0 Å². The third-order valence-electron chi connectivity index (χ3n) is 6.95. The lowest BCUT2D eigenvalue weighted by Crippen LogP contribution is -2.58. The van der Waals surface area contributed by atoms with Gasteiger partial charge in [-0.15, -0.1) is 4.91 Å². The Hall–Kier alpha value is -2.78. The molecule has 3 heteroatoms. The highest BCUT2D eigenvalue weighted by molar-refractivity contribution is 5.45. The topological polar surface area (TPSA) is 49.7 Å². The van der Waals surface area contributed by atoms with Crippen molar-refractivity contribution in [2.45, 2.75) is 43.7 Å². The maximum absolute atomic E-state index is 12.9. The molecule has 0 spiro atoms. The molecule has 4 rings (SSSR count). The first-order valence-electron chi connectivity index (χ1n) is 10.3. The highest BCUT2D eigenvalue weighted by atomic mass is 16.3. The molecule has 3 aromatic rings. The second kappa shape index (κ2) is 7.57. The zero-order chi connectivity index (χ0) is 20.4. The van der Waals surface area contributed by atoms with Crippen LogP contribution >= 0.6 is 0 Å². The van der Waals surface area contributed by atoms with Gasteiger partial charge in [0.2, 0.25) is 0 Å². The number of nitrogens with zero attached hydrogens (tertiary/aromatic N) is 1. The van der Waals surface area contributed by atoms with Crippen LogP contribution in [0.4, 0.5) is 0 Å². The van der Waals surface area contributed by atoms with E-state index >= 15 is 0 Å². The Balaban J connectivity index is 2.04. The molecule has 0 saturated heterocycles. The van der Waals surface area contributed by atoms with Crippen molar-refractivity contribution >= 4 is 0 Å². The standard InChI is InChI=1S/C26H27NO2/c1-24(19-11-12-20-25(24,28)21-13-5-2-6-14-21)26(27-29,22-15-7-3-8-16-22)23-17-9-4-10-18-23/h2-10,13-18,28H,11-12,19-20H2,1H3. The number of nitroso groups, excluding NO2 is 1. The molecule has 0 aliphatic heterocycles. The van der Waals surface area contributed by atoms with E-state index in [1.165, 1.54) is 0 Å². The summed E-state index contributed by atoms with van der Waals surface area (Å²) in [5, 5.41) is 16.1. The lowest BCUT2D eigenvalue weighted by Gasteiger charge is -2.56. The summed E-state index contributed by atoms with van der Waals surface area (Å²) in [4.78, 5) is 12.9. The molecule has 3 aromatic carbocycles. The quantitative estimate of drug-likeness (QED) is 0.534. The van der Waals surface area contributed by atoms with E-state index < -0.39 is 16.6 Å². The van der Waals surface area contributed by atoms with Gasteiger partial charge in [0.1, 0.15) is 0 Å². The average molecular weight is 386 g/mol. The van der Waals surface area contributed by atoms with Crippen LogP contribution in [-0.4, -0.2) is 5.11 Å². The summed E-state index contributed by atoms with van der Waals surface area (Å²) in [7, 11) is 0. The lowest BCUT2D eigenvalue weighted by molar-refractivity contribution is -0.144. The van der Waals surface area contributed by atoms with Gasteiger partial charge in [0, 0.05) is 5.41 Å². The molecule has 0 bridgehead atoms. The Bertz CT molecular complexity index is 918. The predicted molar refractivity (Wildman–Crippen MR) is 116 cm³/mol. The number of hydrogen-bond donors (Lipinski definition) is 1. The molecule has 0 radical (unpaired) electrons. The van der Waals surface area contributed by atoms with Crippen molar-refractivity contribution < 1.29 is 5.11 Å². The van der Waals surface area contributed by atoms with Crippen LogP contribution in [0.3, 0.4) is 0 Å². The number of hydrogen-bond acceptors (Lipinski definition) is 3. The largest absolute Gasteiger partial charge is 0.384 e. The first-order valence-corrected chi connectivity index (χ1v) is 10.3. The normalized spacial score (nSPS) is 24.8. The van der Waals surface area contributed by atoms with Crippen LogP contribution in [0, 0.1) is 10.3 Å². The minimum absolute atomic E-state index is 0.602. The summed E-state index contributed by atoms with van der Waals surface area (Å²) in [6, 6.07) is 29.2. The molecule has 0 heterocycles. The Morgan fingerprint density at radius 2 is 1.21 bits per heavy atom. The van der Waals surface area contributed by atoms with Crippen LogP contribution in [-0.2, 0) is 11.1 Å². The molecule has 148 valence electrons. The maximum Gasteiger partial charge on any atom is 0.161 e. The molecule has 1 N–H and O–H groups in total. The van der Waals surface area contributed by atoms with Crippen LogP contribution in [0.1, 0.15) is 49.3 Å². The van der Waals surface area contributed by atoms with Gasteiger partial charge in [-0.3, -0.25) is 0 Å². The first-order chi connectivity index (χ1) is 14.1. The van der Waals surface area contributed by atoms with E-state index in [9.17, 15) is 10.0 Å². The highest BCUT2D eigenvalue weighted by Crippen LogP contribution is 2.62. The third kappa shape index (κ3) is 2.84. The van der Waals surface area contributed by atoms with Crippen molar-refractivity contribution in [2.24, 2.45) is 10.6 Å². The summed E-state index contributed by atoms with van der Waals surface area (Å²) in [5.74, 6) is 0. The number of benzene rings is 3. The zero-order valence-electron chi connectivity index (χ0n) is 16.8. The second-order valence-electron chi connectivity index (χ2n) is 8.30. The monoisotopic (exact) mass is 385 g/mol. The first kappa shape index (κ1) is 19.5. The van der Waals surface area contributed by atoms with Gasteiger partial charge >= 0.3 is 0 Å². The van der Waals surface area contributed by atoms with Gasteiger partial charge in [-0.25, -0.2) is 0 Å². The molecule has 1 aliphatic rings. The summed E-state index contributed by atoms with van der Waals surface area (Å²) in [5.41, 5.74) is -0.710. The van der Waals surface area contributed by atoms with Gasteiger partial charge in [-0.1, -0.05) is 116 Å². The molecule has 2 unspecified atom stereocenters. The van der Waals surface area contributed by atoms with Crippen LogP contribution in [0.15, 0.2) is 96.2 Å². The van der Waals surface area contributed by atoms with Gasteiger partial charge in [-0.05, 0) is 29.5 Å². The van der Waals surface area contributed by atoms with Crippen molar-refractivity contribution in [1.29, 1.82) is 0 Å². The van der Waals surface area contributed by atoms with E-state index in [1.54, 1.807) is 0 Å². The zero-order valence-corrected chi connectivity index (χ0v) is 16.8. The van der Waals surface area contributed by atoms with Crippen molar-refractivity contribution in [2.75, 3.05) is 0 Å². The van der Waals surface area contributed by atoms with Crippen molar-refractivity contribution in [3.8, 4) is 0 Å². The summed E-state index contributed by atoms with van der Waals surface area (Å²) in [6.45, 7) is 2.04. The van der Waals surface area contributed by atoms with Crippen LogP contribution in [0.5, 0.6) is 0 Å². The molecule has 2 atom stereocenters. The molecule has 3 nitrogen and oxygen atoms in total. The molecule has 1 saturated carbocycles. The van der Waals surface area contributed by atoms with Crippen molar-refractivity contribution in [1.82, 2.24) is 0 Å². The van der Waals surface area contributed by atoms with E-state index in [-0.39, 0.29) is 0 Å². The maximum atomic E-state index is 12.9. The fourth-order valence-corrected chi connectivity index (χ4v) is 5.37. The molecule has 1 fully saturated rings. The average Bonchev–Trinajstić information content (AvgIpc) is 2.79. The minimum atomic E-state index is -1.21. The van der Waals surface area contributed by atoms with Crippen molar-refractivity contribution in [3.05, 3.63) is 113 Å². The van der Waals surface area contributed by atoms with Gasteiger partial charge < -0.3 is 5.11 Å². The highest BCUT2D eigenvalue weighted by Gasteiger charge is 2.63. The van der Waals surface area contributed by atoms with E-state index in [0.717, 1.165) is 29.5 Å². The van der Waals surface area contributed by atoms with Crippen LogP contribution < -0.4 is 0 Å². The fourth-order valence-electron chi connectivity index (χ4n) is 5.37. The minimum Gasteiger partial charge on any atom is -0.384 e. The number of aliphatic hydroxyl groups is 1. The number of rotatable bonds is 5. The predicted octanol–water partition coefficient (Wildman–Crippen LogP) is 6.16. The fraction of sp³-hybridized carbons (Fsp3) is 0.308. The van der Waals surface area contributed by atoms with E-state index in [0.29, 0.717) is 12.8 Å². The van der Waals surface area contributed by atoms with Gasteiger partial charge in [0.15, 0.2) is 5.54 Å². The van der Waals surface area contributed by atoms with E-state index in [1.807, 2.05) is 97.9 Å². The Kier molecular flexibility index (Phi) is 5.10. The van der Waals surface area contributed by atoms with Gasteiger partial charge in [0.05, 0.1) is 5.60 Å². The van der Waals surface area contributed by atoms with Crippen LogP contribution in [0.25, 0.3) is 0 Å². The molecule has 0 aromatic heterocycles. The van der Waals surface area contributed by atoms with E-state index in [4.69, 9.17) is 0 Å². The smallest absolute Gasteiger partial charge is 0.161 e. The third-order valence-corrected chi connectivity index (χ3v) is 6.95. The molecular formula is C26H27NO2. The molecule has 29 heavy (non-hydrogen) atoms. The molecule has 1 aliphatic carbocycles. The molecular weight excluding hydrogens is 358 g/mol. The Morgan fingerprint density at radius 3 is 1.69 bits per heavy atom. The Labute approximate surface area is 172 Å². The SMILES string of the molecule is CC1(C(N=O)(c2ccccc2)c2ccccc2)CCCCC1(O)c1ccccc1. The summed E-state index contributed by atoms with van der Waals surface area (Å²) in [6.07, 6.45) is 3.17. The Morgan fingerprint density at radius 1 is 0.759 bits per heavy atom. The molecule has 0 amide bonds. The van der Waals surface area contributed by atoms with Gasteiger partial charge in [-0.2, -0.15) is 0 Å². The van der Waals surface area contributed by atoms with Crippen molar-refractivity contribution in [3.63, 3.8) is 0 Å². The lowest BCUT2D eigenvalue weighted by atomic mass is 9.50. The van der Waals surface area contributed by atoms with Gasteiger partial charge in [0.25, 0.3) is 0 Å². The second-order valence-corrected chi connectivity index (χ2v) is 8.30. The van der Waals surface area contributed by atoms with E-state index in [2.05, 4.69) is 5.18 Å². The summed E-state index contributed by atoms with van der Waals surface area (Å²) < 4.78 is 0.